The SMILES string of the molecule is O=C(NCc1ccccc1)NCc1ccccc1-c1ccc([C@@H]2O[C@H](CN3CCCCCCC3)C[C@H](c3ccc(CO)cc3)O2)cc1. The molecule has 2 fully saturated rings. The Morgan fingerprint density at radius 3 is 2.11 bits per heavy atom. The number of ether oxygens (including phenoxy) is 2. The molecule has 3 atom stereocenters. The van der Waals surface area contributed by atoms with Gasteiger partial charge in [-0.2, -0.15) is 0 Å². The average molecular weight is 634 g/mol. The van der Waals surface area contributed by atoms with Gasteiger partial charge in [-0.15, -0.1) is 0 Å². The minimum Gasteiger partial charge on any atom is -0.392 e. The summed E-state index contributed by atoms with van der Waals surface area (Å²) in [5, 5.41) is 15.5. The number of hydrogen-bond donors (Lipinski definition) is 3. The minimum absolute atomic E-state index is 0.0299. The Morgan fingerprint density at radius 2 is 1.36 bits per heavy atom. The average Bonchev–Trinajstić information content (AvgIpc) is 3.11. The van der Waals surface area contributed by atoms with Gasteiger partial charge in [0.05, 0.1) is 18.8 Å². The van der Waals surface area contributed by atoms with E-state index in [-0.39, 0.29) is 24.8 Å². The van der Waals surface area contributed by atoms with Crippen molar-refractivity contribution in [3.8, 4) is 11.1 Å². The lowest BCUT2D eigenvalue weighted by Crippen LogP contribution is -2.40. The molecule has 2 aliphatic heterocycles. The number of hydrogen-bond acceptors (Lipinski definition) is 5. The van der Waals surface area contributed by atoms with Crippen LogP contribution >= 0.6 is 0 Å². The number of amides is 2. The van der Waals surface area contributed by atoms with E-state index in [1.54, 1.807) is 0 Å². The number of likely N-dealkylation sites (tertiary alicyclic amines) is 1. The Balaban J connectivity index is 1.14. The molecule has 0 radical (unpaired) electrons. The number of carbonyl (C=O) groups is 1. The van der Waals surface area contributed by atoms with Crippen LogP contribution in [0.15, 0.2) is 103 Å². The van der Waals surface area contributed by atoms with Crippen molar-refractivity contribution in [1.82, 2.24) is 15.5 Å². The fraction of sp³-hybridized carbons (Fsp3) is 0.375. The van der Waals surface area contributed by atoms with Crippen LogP contribution in [-0.2, 0) is 29.2 Å². The molecule has 0 unspecified atom stereocenters. The van der Waals surface area contributed by atoms with E-state index in [4.69, 9.17) is 9.47 Å². The third kappa shape index (κ3) is 9.30. The highest BCUT2D eigenvalue weighted by Gasteiger charge is 2.33. The van der Waals surface area contributed by atoms with E-state index < -0.39 is 6.29 Å². The molecular weight excluding hydrogens is 586 g/mol. The summed E-state index contributed by atoms with van der Waals surface area (Å²) in [6.45, 7) is 4.08. The van der Waals surface area contributed by atoms with Crippen LogP contribution in [0, 0.1) is 0 Å². The predicted molar refractivity (Wildman–Crippen MR) is 185 cm³/mol. The predicted octanol–water partition coefficient (Wildman–Crippen LogP) is 7.66. The molecule has 0 bridgehead atoms. The Kier molecular flexibility index (Phi) is 11.7. The molecule has 0 aliphatic carbocycles. The zero-order chi connectivity index (χ0) is 32.3. The second kappa shape index (κ2) is 16.7. The monoisotopic (exact) mass is 633 g/mol. The fourth-order valence-corrected chi connectivity index (χ4v) is 6.61. The lowest BCUT2D eigenvalue weighted by Gasteiger charge is -2.39. The van der Waals surface area contributed by atoms with E-state index in [0.717, 1.165) is 65.0 Å². The number of carbonyl (C=O) groups excluding carboxylic acids is 1. The lowest BCUT2D eigenvalue weighted by atomic mass is 9.97. The van der Waals surface area contributed by atoms with E-state index >= 15 is 0 Å². The number of urea groups is 1. The Hall–Kier alpha value is -4.01. The van der Waals surface area contributed by atoms with Crippen molar-refractivity contribution in [3.05, 3.63) is 131 Å². The highest BCUT2D eigenvalue weighted by Crippen LogP contribution is 2.39. The number of aliphatic hydroxyl groups excluding tert-OH is 1. The first kappa shape index (κ1) is 32.9. The second-order valence-electron chi connectivity index (χ2n) is 12.7. The molecule has 0 saturated carbocycles. The van der Waals surface area contributed by atoms with Crippen LogP contribution in [0.4, 0.5) is 4.79 Å². The van der Waals surface area contributed by atoms with E-state index in [1.165, 1.54) is 32.1 Å². The summed E-state index contributed by atoms with van der Waals surface area (Å²) in [5.41, 5.74) is 7.24. The summed E-state index contributed by atoms with van der Waals surface area (Å²) in [6.07, 6.45) is 6.72. The van der Waals surface area contributed by atoms with Crippen molar-refractivity contribution in [2.75, 3.05) is 19.6 Å². The van der Waals surface area contributed by atoms with Gasteiger partial charge >= 0.3 is 6.03 Å². The zero-order valence-corrected chi connectivity index (χ0v) is 27.2. The molecule has 2 aliphatic rings. The molecule has 4 aromatic carbocycles. The third-order valence-corrected chi connectivity index (χ3v) is 9.27. The quantitative estimate of drug-likeness (QED) is 0.167. The standard InChI is InChI=1S/C40H47N3O4/c44-29-31-15-17-33(18-16-31)38-25-36(28-43-23-9-2-1-3-10-24-43)46-39(47-38)34-21-19-32(20-22-34)37-14-8-7-13-35(37)27-42-40(45)41-26-30-11-5-4-6-12-30/h4-8,11-22,36,38-39,44H,1-3,9-10,23-29H2,(H2,41,42,45)/t36-,38+,39+/m0/s1. The second-order valence-corrected chi connectivity index (χ2v) is 12.7. The summed E-state index contributed by atoms with van der Waals surface area (Å²) in [5.74, 6) is 0. The zero-order valence-electron chi connectivity index (χ0n) is 27.2. The number of aliphatic hydroxyl groups is 1. The molecule has 0 aromatic heterocycles. The van der Waals surface area contributed by atoms with Gasteiger partial charge in [-0.1, -0.05) is 122 Å². The first-order valence-electron chi connectivity index (χ1n) is 17.1. The molecule has 2 heterocycles. The summed E-state index contributed by atoms with van der Waals surface area (Å²) in [7, 11) is 0. The Labute approximate surface area is 278 Å². The molecule has 4 aromatic rings. The molecular formula is C40H47N3O4. The van der Waals surface area contributed by atoms with Crippen molar-refractivity contribution < 1.29 is 19.4 Å². The number of benzene rings is 4. The largest absolute Gasteiger partial charge is 0.392 e. The van der Waals surface area contributed by atoms with Gasteiger partial charge in [0, 0.05) is 31.6 Å². The van der Waals surface area contributed by atoms with Crippen LogP contribution in [0.5, 0.6) is 0 Å². The van der Waals surface area contributed by atoms with Crippen LogP contribution in [0.1, 0.15) is 78.7 Å². The summed E-state index contributed by atoms with van der Waals surface area (Å²) < 4.78 is 13.3. The first-order valence-corrected chi connectivity index (χ1v) is 17.1. The maximum atomic E-state index is 12.5. The van der Waals surface area contributed by atoms with Crippen LogP contribution in [-0.4, -0.2) is 41.8 Å². The van der Waals surface area contributed by atoms with Crippen LogP contribution in [0.3, 0.4) is 0 Å². The summed E-state index contributed by atoms with van der Waals surface area (Å²) in [6, 6.07) is 34.4. The van der Waals surface area contributed by atoms with Crippen molar-refractivity contribution in [1.29, 1.82) is 0 Å². The highest BCUT2D eigenvalue weighted by atomic mass is 16.7. The molecule has 2 amide bonds. The number of nitrogens with one attached hydrogen (secondary N) is 2. The van der Waals surface area contributed by atoms with Gasteiger partial charge in [-0.05, 0) is 59.3 Å². The van der Waals surface area contributed by atoms with Crippen LogP contribution < -0.4 is 10.6 Å². The highest BCUT2D eigenvalue weighted by molar-refractivity contribution is 5.75. The van der Waals surface area contributed by atoms with Gasteiger partial charge in [0.15, 0.2) is 6.29 Å². The van der Waals surface area contributed by atoms with Crippen molar-refractivity contribution in [3.63, 3.8) is 0 Å². The van der Waals surface area contributed by atoms with Crippen molar-refractivity contribution in [2.45, 2.75) is 76.7 Å². The van der Waals surface area contributed by atoms with Gasteiger partial charge in [0.1, 0.15) is 0 Å². The van der Waals surface area contributed by atoms with Gasteiger partial charge in [0.2, 0.25) is 0 Å². The molecule has 246 valence electrons. The number of rotatable bonds is 10. The van der Waals surface area contributed by atoms with Crippen molar-refractivity contribution in [2.24, 2.45) is 0 Å². The van der Waals surface area contributed by atoms with Crippen molar-refractivity contribution >= 4 is 6.03 Å². The topological polar surface area (TPSA) is 83.1 Å². The fourth-order valence-electron chi connectivity index (χ4n) is 6.61. The Bertz CT molecular complexity index is 1540. The third-order valence-electron chi connectivity index (χ3n) is 9.27. The molecule has 7 nitrogen and oxygen atoms in total. The number of nitrogens with zero attached hydrogens (tertiary/aromatic N) is 1. The van der Waals surface area contributed by atoms with Gasteiger partial charge < -0.3 is 30.1 Å². The van der Waals surface area contributed by atoms with E-state index in [0.29, 0.717) is 13.1 Å². The molecule has 2 saturated heterocycles. The maximum Gasteiger partial charge on any atom is 0.315 e. The molecule has 6 rings (SSSR count). The van der Waals surface area contributed by atoms with Crippen LogP contribution in [0.2, 0.25) is 0 Å². The van der Waals surface area contributed by atoms with Crippen LogP contribution in [0.25, 0.3) is 11.1 Å². The van der Waals surface area contributed by atoms with E-state index in [1.807, 2.05) is 54.6 Å². The minimum atomic E-state index is -0.481. The van der Waals surface area contributed by atoms with Gasteiger partial charge in [-0.3, -0.25) is 0 Å². The Morgan fingerprint density at radius 1 is 0.702 bits per heavy atom. The molecule has 7 heteroatoms. The van der Waals surface area contributed by atoms with E-state index in [2.05, 4.69) is 64.1 Å². The lowest BCUT2D eigenvalue weighted by molar-refractivity contribution is -0.253. The summed E-state index contributed by atoms with van der Waals surface area (Å²) in [4.78, 5) is 15.1. The normalized spacial score (nSPS) is 20.6. The van der Waals surface area contributed by atoms with Gasteiger partial charge in [0.25, 0.3) is 0 Å². The van der Waals surface area contributed by atoms with E-state index in [9.17, 15) is 9.90 Å². The maximum absolute atomic E-state index is 12.5. The summed E-state index contributed by atoms with van der Waals surface area (Å²) >= 11 is 0. The molecule has 0 spiro atoms. The molecule has 3 N–H and O–H groups in total. The molecule has 47 heavy (non-hydrogen) atoms. The smallest absolute Gasteiger partial charge is 0.315 e. The van der Waals surface area contributed by atoms with Gasteiger partial charge in [-0.25, -0.2) is 4.79 Å². The first-order chi connectivity index (χ1) is 23.1.